The highest BCUT2D eigenvalue weighted by atomic mass is 16.5. The zero-order valence-electron chi connectivity index (χ0n) is 13.3. The Labute approximate surface area is 117 Å². The van der Waals surface area contributed by atoms with Gasteiger partial charge in [0.2, 0.25) is 0 Å². The van der Waals surface area contributed by atoms with E-state index in [0.717, 1.165) is 5.56 Å². The molecule has 0 fully saturated rings. The van der Waals surface area contributed by atoms with Crippen molar-refractivity contribution in [3.05, 3.63) is 29.3 Å². The zero-order valence-corrected chi connectivity index (χ0v) is 13.3. The van der Waals surface area contributed by atoms with Gasteiger partial charge in [-0.2, -0.15) is 0 Å². The summed E-state index contributed by atoms with van der Waals surface area (Å²) in [5, 5.41) is 0. The van der Waals surface area contributed by atoms with Gasteiger partial charge in [0.15, 0.2) is 0 Å². The van der Waals surface area contributed by atoms with Crippen molar-refractivity contribution in [2.45, 2.75) is 65.7 Å². The molecule has 0 saturated carbocycles. The standard InChI is InChI=1S/C17H26O2/c1-8-14(18)19-13-11-9-10-12(16(2,3)4)15(13)17(5,6)7/h9-11H,8H2,1-7H3. The normalized spacial score (nSPS) is 12.4. The van der Waals surface area contributed by atoms with Crippen LogP contribution >= 0.6 is 0 Å². The van der Waals surface area contributed by atoms with Gasteiger partial charge in [0, 0.05) is 12.0 Å². The lowest BCUT2D eigenvalue weighted by Gasteiger charge is -2.31. The molecule has 19 heavy (non-hydrogen) atoms. The maximum Gasteiger partial charge on any atom is 0.310 e. The van der Waals surface area contributed by atoms with Gasteiger partial charge in [0.1, 0.15) is 5.75 Å². The molecule has 0 saturated heterocycles. The first kappa shape index (κ1) is 15.7. The minimum atomic E-state index is -0.184. The van der Waals surface area contributed by atoms with Gasteiger partial charge in [0.05, 0.1) is 0 Å². The lowest BCUT2D eigenvalue weighted by Crippen LogP contribution is -2.23. The van der Waals surface area contributed by atoms with Crippen molar-refractivity contribution in [1.29, 1.82) is 0 Å². The molecule has 0 radical (unpaired) electrons. The van der Waals surface area contributed by atoms with Crippen LogP contribution in [0.15, 0.2) is 18.2 Å². The van der Waals surface area contributed by atoms with Gasteiger partial charge in [0.25, 0.3) is 0 Å². The number of carbonyl (C=O) groups excluding carboxylic acids is 1. The number of ether oxygens (including phenoxy) is 1. The Morgan fingerprint density at radius 1 is 1.05 bits per heavy atom. The summed E-state index contributed by atoms with van der Waals surface area (Å²) in [4.78, 5) is 11.6. The fourth-order valence-corrected chi connectivity index (χ4v) is 2.21. The molecule has 0 unspecified atom stereocenters. The maximum absolute atomic E-state index is 11.6. The van der Waals surface area contributed by atoms with Crippen molar-refractivity contribution >= 4 is 5.97 Å². The molecule has 2 heteroatoms. The third-order valence-electron chi connectivity index (χ3n) is 3.10. The molecule has 0 amide bonds. The molecule has 0 aliphatic heterocycles. The summed E-state index contributed by atoms with van der Waals surface area (Å²) < 4.78 is 5.52. The van der Waals surface area contributed by atoms with Crippen LogP contribution in [-0.4, -0.2) is 5.97 Å². The first-order valence-electron chi connectivity index (χ1n) is 6.92. The van der Waals surface area contributed by atoms with Crippen molar-refractivity contribution in [1.82, 2.24) is 0 Å². The molecule has 0 aliphatic rings. The molecular weight excluding hydrogens is 236 g/mol. The molecule has 0 spiro atoms. The fraction of sp³-hybridized carbons (Fsp3) is 0.588. The van der Waals surface area contributed by atoms with Crippen molar-refractivity contribution in [3.63, 3.8) is 0 Å². The molecule has 0 aliphatic carbocycles. The molecule has 106 valence electrons. The van der Waals surface area contributed by atoms with Crippen molar-refractivity contribution in [3.8, 4) is 5.75 Å². The van der Waals surface area contributed by atoms with E-state index in [1.807, 2.05) is 19.1 Å². The van der Waals surface area contributed by atoms with E-state index in [4.69, 9.17) is 4.74 Å². The number of carbonyl (C=O) groups is 1. The smallest absolute Gasteiger partial charge is 0.310 e. The Morgan fingerprint density at radius 3 is 2.05 bits per heavy atom. The van der Waals surface area contributed by atoms with Gasteiger partial charge in [-0.1, -0.05) is 60.6 Å². The quantitative estimate of drug-likeness (QED) is 0.575. The molecule has 2 nitrogen and oxygen atoms in total. The number of rotatable bonds is 2. The predicted molar refractivity (Wildman–Crippen MR) is 79.8 cm³/mol. The highest BCUT2D eigenvalue weighted by molar-refractivity contribution is 5.73. The van der Waals surface area contributed by atoms with Crippen LogP contribution in [0.3, 0.4) is 0 Å². The van der Waals surface area contributed by atoms with Gasteiger partial charge in [-0.25, -0.2) is 0 Å². The van der Waals surface area contributed by atoms with E-state index >= 15 is 0 Å². The maximum atomic E-state index is 11.6. The second-order valence-corrected chi connectivity index (χ2v) is 7.01. The third kappa shape index (κ3) is 3.82. The van der Waals surface area contributed by atoms with E-state index in [1.54, 1.807) is 0 Å². The summed E-state index contributed by atoms with van der Waals surface area (Å²) in [6, 6.07) is 5.99. The minimum Gasteiger partial charge on any atom is -0.426 e. The van der Waals surface area contributed by atoms with Crippen molar-refractivity contribution < 1.29 is 9.53 Å². The topological polar surface area (TPSA) is 26.3 Å². The van der Waals surface area contributed by atoms with Crippen molar-refractivity contribution in [2.75, 3.05) is 0 Å². The Hall–Kier alpha value is -1.31. The molecule has 1 aromatic carbocycles. The largest absolute Gasteiger partial charge is 0.426 e. The van der Waals surface area contributed by atoms with E-state index in [9.17, 15) is 4.79 Å². The van der Waals surface area contributed by atoms with E-state index < -0.39 is 0 Å². The van der Waals surface area contributed by atoms with Gasteiger partial charge < -0.3 is 4.74 Å². The van der Waals surface area contributed by atoms with Crippen LogP contribution in [0.5, 0.6) is 5.75 Å². The summed E-state index contributed by atoms with van der Waals surface area (Å²) in [7, 11) is 0. The fourth-order valence-electron chi connectivity index (χ4n) is 2.21. The third-order valence-corrected chi connectivity index (χ3v) is 3.10. The highest BCUT2D eigenvalue weighted by Gasteiger charge is 2.28. The SMILES string of the molecule is CCC(=O)Oc1cccc(C(C)(C)C)c1C(C)(C)C. The Balaban J connectivity index is 3.44. The molecule has 0 heterocycles. The Morgan fingerprint density at radius 2 is 1.63 bits per heavy atom. The summed E-state index contributed by atoms with van der Waals surface area (Å²) >= 11 is 0. The summed E-state index contributed by atoms with van der Waals surface area (Å²) in [6.45, 7) is 14.8. The first-order chi connectivity index (χ1) is 8.57. The second-order valence-electron chi connectivity index (χ2n) is 7.01. The van der Waals surface area contributed by atoms with Crippen LogP contribution in [0.25, 0.3) is 0 Å². The molecule has 0 bridgehead atoms. The van der Waals surface area contributed by atoms with Gasteiger partial charge in [-0.3, -0.25) is 4.79 Å². The van der Waals surface area contributed by atoms with Gasteiger partial charge in [-0.05, 0) is 22.5 Å². The molecular formula is C17H26O2. The number of hydrogen-bond acceptors (Lipinski definition) is 2. The monoisotopic (exact) mass is 262 g/mol. The summed E-state index contributed by atoms with van der Waals surface area (Å²) in [5.41, 5.74) is 2.33. The Kier molecular flexibility index (Phi) is 4.44. The number of hydrogen-bond donors (Lipinski definition) is 0. The van der Waals surface area contributed by atoms with Crippen LogP contribution in [-0.2, 0) is 15.6 Å². The van der Waals surface area contributed by atoms with E-state index in [-0.39, 0.29) is 16.8 Å². The number of esters is 1. The number of benzene rings is 1. The summed E-state index contributed by atoms with van der Waals surface area (Å²) in [5.74, 6) is 0.517. The lowest BCUT2D eigenvalue weighted by atomic mass is 9.75. The van der Waals surface area contributed by atoms with Gasteiger partial charge in [-0.15, -0.1) is 0 Å². The van der Waals surface area contributed by atoms with Crippen LogP contribution in [0.1, 0.15) is 66.0 Å². The highest BCUT2D eigenvalue weighted by Crippen LogP contribution is 2.39. The average molecular weight is 262 g/mol. The summed E-state index contributed by atoms with van der Waals surface area (Å²) in [6.07, 6.45) is 0.392. The lowest BCUT2D eigenvalue weighted by molar-refractivity contribution is -0.134. The van der Waals surface area contributed by atoms with Gasteiger partial charge >= 0.3 is 5.97 Å². The zero-order chi connectivity index (χ0) is 14.8. The molecule has 0 aromatic heterocycles. The molecule has 0 atom stereocenters. The van der Waals surface area contributed by atoms with Crippen LogP contribution in [0.4, 0.5) is 0 Å². The second kappa shape index (κ2) is 5.36. The van der Waals surface area contributed by atoms with E-state index in [2.05, 4.69) is 47.6 Å². The Bertz CT molecular complexity index is 459. The van der Waals surface area contributed by atoms with Crippen LogP contribution < -0.4 is 4.74 Å². The van der Waals surface area contributed by atoms with Crippen LogP contribution in [0.2, 0.25) is 0 Å². The minimum absolute atomic E-state index is 0.0250. The predicted octanol–water partition coefficient (Wildman–Crippen LogP) is 4.60. The molecule has 1 rings (SSSR count). The molecule has 0 N–H and O–H groups in total. The average Bonchev–Trinajstić information content (AvgIpc) is 2.25. The first-order valence-corrected chi connectivity index (χ1v) is 6.92. The van der Waals surface area contributed by atoms with Crippen molar-refractivity contribution in [2.24, 2.45) is 0 Å². The molecule has 1 aromatic rings. The van der Waals surface area contributed by atoms with E-state index in [1.165, 1.54) is 5.56 Å². The van der Waals surface area contributed by atoms with E-state index in [0.29, 0.717) is 12.2 Å². The van der Waals surface area contributed by atoms with Crippen LogP contribution in [0, 0.1) is 0 Å².